The standard InChI is InChI=1S/C13H14O3/c1-8-4-5-11-10(6-8)7-12(16-11)9(2)13(14)15-3/h4-7,9H,1-3H3. The number of ether oxygens (including phenoxy) is 1. The molecule has 0 radical (unpaired) electrons. The summed E-state index contributed by atoms with van der Waals surface area (Å²) in [7, 11) is 1.38. The molecule has 0 saturated heterocycles. The normalized spacial score (nSPS) is 12.7. The van der Waals surface area contributed by atoms with Crippen LogP contribution in [0.15, 0.2) is 28.7 Å². The molecule has 16 heavy (non-hydrogen) atoms. The molecule has 1 aromatic carbocycles. The van der Waals surface area contributed by atoms with Gasteiger partial charge in [-0.1, -0.05) is 11.6 Å². The molecule has 84 valence electrons. The summed E-state index contributed by atoms with van der Waals surface area (Å²) in [5, 5.41) is 1.02. The lowest BCUT2D eigenvalue weighted by Gasteiger charge is -2.04. The summed E-state index contributed by atoms with van der Waals surface area (Å²) >= 11 is 0. The Kier molecular flexibility index (Phi) is 2.69. The number of hydrogen-bond acceptors (Lipinski definition) is 3. The van der Waals surface area contributed by atoms with E-state index in [2.05, 4.69) is 4.74 Å². The van der Waals surface area contributed by atoms with E-state index < -0.39 is 0 Å². The first-order valence-electron chi connectivity index (χ1n) is 5.19. The van der Waals surface area contributed by atoms with E-state index >= 15 is 0 Å². The van der Waals surface area contributed by atoms with Gasteiger partial charge in [-0.05, 0) is 32.0 Å². The molecule has 3 nitrogen and oxygen atoms in total. The fourth-order valence-electron chi connectivity index (χ4n) is 1.69. The second-order valence-electron chi connectivity index (χ2n) is 3.93. The lowest BCUT2D eigenvalue weighted by molar-refractivity contribution is -0.142. The Bertz CT molecular complexity index is 525. The summed E-state index contributed by atoms with van der Waals surface area (Å²) < 4.78 is 10.3. The second-order valence-corrected chi connectivity index (χ2v) is 3.93. The summed E-state index contributed by atoms with van der Waals surface area (Å²) in [6.45, 7) is 3.80. The molecule has 1 unspecified atom stereocenters. The summed E-state index contributed by atoms with van der Waals surface area (Å²) in [4.78, 5) is 11.4. The first-order valence-corrected chi connectivity index (χ1v) is 5.19. The molecule has 0 aliphatic rings. The van der Waals surface area contributed by atoms with Crippen LogP contribution in [0.4, 0.5) is 0 Å². The van der Waals surface area contributed by atoms with Crippen LogP contribution >= 0.6 is 0 Å². The second kappa shape index (κ2) is 4.00. The van der Waals surface area contributed by atoms with Crippen LogP contribution < -0.4 is 0 Å². The van der Waals surface area contributed by atoms with E-state index in [0.29, 0.717) is 5.76 Å². The maximum Gasteiger partial charge on any atom is 0.316 e. The van der Waals surface area contributed by atoms with Crippen LogP contribution in [-0.2, 0) is 9.53 Å². The molecule has 1 heterocycles. The van der Waals surface area contributed by atoms with Gasteiger partial charge in [0.1, 0.15) is 17.3 Å². The van der Waals surface area contributed by atoms with Crippen molar-refractivity contribution in [1.29, 1.82) is 0 Å². The highest BCUT2D eigenvalue weighted by Crippen LogP contribution is 2.26. The van der Waals surface area contributed by atoms with Gasteiger partial charge in [0.25, 0.3) is 0 Å². The van der Waals surface area contributed by atoms with E-state index in [1.54, 1.807) is 6.92 Å². The zero-order valence-electron chi connectivity index (χ0n) is 9.61. The first-order chi connectivity index (χ1) is 7.61. The third kappa shape index (κ3) is 1.81. The molecule has 3 heteroatoms. The van der Waals surface area contributed by atoms with Crippen molar-refractivity contribution in [2.75, 3.05) is 7.11 Å². The average molecular weight is 218 g/mol. The van der Waals surface area contributed by atoms with Crippen LogP contribution in [0.25, 0.3) is 11.0 Å². The minimum atomic E-state index is -0.363. The molecule has 0 aliphatic carbocycles. The Hall–Kier alpha value is -1.77. The fraction of sp³-hybridized carbons (Fsp3) is 0.308. The summed E-state index contributed by atoms with van der Waals surface area (Å²) in [5.74, 6) is 0.000865. The minimum Gasteiger partial charge on any atom is -0.468 e. The van der Waals surface area contributed by atoms with Gasteiger partial charge in [-0.25, -0.2) is 0 Å². The number of rotatable bonds is 2. The molecule has 2 rings (SSSR count). The Morgan fingerprint density at radius 3 is 2.81 bits per heavy atom. The predicted octanol–water partition coefficient (Wildman–Crippen LogP) is 3.02. The smallest absolute Gasteiger partial charge is 0.316 e. The van der Waals surface area contributed by atoms with E-state index in [9.17, 15) is 4.79 Å². The van der Waals surface area contributed by atoms with E-state index in [1.165, 1.54) is 12.7 Å². The minimum absolute atomic E-state index is 0.282. The molecule has 0 fully saturated rings. The molecule has 0 N–H and O–H groups in total. The Morgan fingerprint density at radius 1 is 1.38 bits per heavy atom. The molecular weight excluding hydrogens is 204 g/mol. The molecule has 1 aromatic heterocycles. The molecule has 0 saturated carbocycles. The highest BCUT2D eigenvalue weighted by atomic mass is 16.5. The molecule has 1 atom stereocenters. The van der Waals surface area contributed by atoms with Crippen molar-refractivity contribution in [2.45, 2.75) is 19.8 Å². The maximum absolute atomic E-state index is 11.4. The lowest BCUT2D eigenvalue weighted by Crippen LogP contribution is -2.09. The van der Waals surface area contributed by atoms with Gasteiger partial charge in [0.15, 0.2) is 0 Å². The summed E-state index contributed by atoms with van der Waals surface area (Å²) in [5.41, 5.74) is 1.97. The van der Waals surface area contributed by atoms with E-state index in [1.807, 2.05) is 31.2 Å². The van der Waals surface area contributed by atoms with Crippen molar-refractivity contribution < 1.29 is 13.9 Å². The van der Waals surface area contributed by atoms with Gasteiger partial charge in [-0.15, -0.1) is 0 Å². The first kappa shape index (κ1) is 10.7. The average Bonchev–Trinajstić information content (AvgIpc) is 2.69. The topological polar surface area (TPSA) is 39.4 Å². The Labute approximate surface area is 94.0 Å². The fourth-order valence-corrected chi connectivity index (χ4v) is 1.69. The third-order valence-corrected chi connectivity index (χ3v) is 2.67. The van der Waals surface area contributed by atoms with Crippen molar-refractivity contribution in [3.63, 3.8) is 0 Å². The van der Waals surface area contributed by atoms with Gasteiger partial charge in [-0.3, -0.25) is 4.79 Å². The van der Waals surface area contributed by atoms with Gasteiger partial charge in [0, 0.05) is 5.39 Å². The van der Waals surface area contributed by atoms with Gasteiger partial charge in [0.05, 0.1) is 7.11 Å². The highest BCUT2D eigenvalue weighted by molar-refractivity contribution is 5.82. The van der Waals surface area contributed by atoms with E-state index in [4.69, 9.17) is 4.42 Å². The van der Waals surface area contributed by atoms with Crippen molar-refractivity contribution in [1.82, 2.24) is 0 Å². The largest absolute Gasteiger partial charge is 0.468 e. The van der Waals surface area contributed by atoms with Crippen molar-refractivity contribution in [3.05, 3.63) is 35.6 Å². The zero-order chi connectivity index (χ0) is 11.7. The van der Waals surface area contributed by atoms with E-state index in [0.717, 1.165) is 11.0 Å². The third-order valence-electron chi connectivity index (χ3n) is 2.67. The quantitative estimate of drug-likeness (QED) is 0.727. The van der Waals surface area contributed by atoms with Crippen LogP contribution in [0.2, 0.25) is 0 Å². The highest BCUT2D eigenvalue weighted by Gasteiger charge is 2.19. The number of hydrogen-bond donors (Lipinski definition) is 0. The maximum atomic E-state index is 11.4. The Balaban J connectivity index is 2.43. The number of furan rings is 1. The van der Waals surface area contributed by atoms with Gasteiger partial charge in [0.2, 0.25) is 0 Å². The monoisotopic (exact) mass is 218 g/mol. The predicted molar refractivity (Wildman–Crippen MR) is 61.4 cm³/mol. The molecular formula is C13H14O3. The van der Waals surface area contributed by atoms with Crippen molar-refractivity contribution >= 4 is 16.9 Å². The van der Waals surface area contributed by atoms with Crippen LogP contribution in [0.5, 0.6) is 0 Å². The van der Waals surface area contributed by atoms with Crippen LogP contribution in [0.1, 0.15) is 24.2 Å². The molecule has 0 spiro atoms. The number of esters is 1. The molecule has 0 amide bonds. The SMILES string of the molecule is COC(=O)C(C)c1cc2cc(C)ccc2o1. The van der Waals surface area contributed by atoms with Crippen LogP contribution in [0.3, 0.4) is 0 Å². The number of benzene rings is 1. The van der Waals surface area contributed by atoms with Crippen LogP contribution in [-0.4, -0.2) is 13.1 Å². The number of methoxy groups -OCH3 is 1. The Morgan fingerprint density at radius 2 is 2.12 bits per heavy atom. The van der Waals surface area contributed by atoms with Gasteiger partial charge in [-0.2, -0.15) is 0 Å². The summed E-state index contributed by atoms with van der Waals surface area (Å²) in [6, 6.07) is 7.83. The van der Waals surface area contributed by atoms with E-state index in [-0.39, 0.29) is 11.9 Å². The van der Waals surface area contributed by atoms with Gasteiger partial charge < -0.3 is 9.15 Å². The number of carbonyl (C=O) groups is 1. The number of carbonyl (C=O) groups excluding carboxylic acids is 1. The number of aryl methyl sites for hydroxylation is 1. The molecule has 0 bridgehead atoms. The van der Waals surface area contributed by atoms with Crippen LogP contribution in [0, 0.1) is 6.92 Å². The summed E-state index contributed by atoms with van der Waals surface area (Å²) in [6.07, 6.45) is 0. The van der Waals surface area contributed by atoms with Crippen molar-refractivity contribution in [2.24, 2.45) is 0 Å². The van der Waals surface area contributed by atoms with Gasteiger partial charge >= 0.3 is 5.97 Å². The molecule has 0 aliphatic heterocycles. The molecule has 2 aromatic rings. The lowest BCUT2D eigenvalue weighted by atomic mass is 10.1. The number of fused-ring (bicyclic) bond motifs is 1. The van der Waals surface area contributed by atoms with Crippen molar-refractivity contribution in [3.8, 4) is 0 Å². The zero-order valence-corrected chi connectivity index (χ0v) is 9.61.